The highest BCUT2D eigenvalue weighted by Gasteiger charge is 2.32. The van der Waals surface area contributed by atoms with Crippen molar-refractivity contribution in [2.24, 2.45) is 0 Å². The standard InChI is InChI=1S/C23H29N5O5S/c1-3-33-19-9-8-17(34(31,32)27-11-10-16(29)13-27)12-18(19)21-25-23(30)20-14(2)24-22(28(20)26-21)15-6-4-5-7-15/h8-9,12,15-16,29H,3-7,10-11,13H2,1-2H3,(H,25,26,30). The molecule has 3 heterocycles. The number of aliphatic hydroxyl groups excluding tert-OH is 1. The van der Waals surface area contributed by atoms with Crippen molar-refractivity contribution >= 4 is 15.5 Å². The van der Waals surface area contributed by atoms with Gasteiger partial charge in [0.1, 0.15) is 11.6 Å². The van der Waals surface area contributed by atoms with E-state index in [1.165, 1.54) is 16.4 Å². The van der Waals surface area contributed by atoms with Gasteiger partial charge in [-0.2, -0.15) is 4.31 Å². The molecule has 1 aromatic carbocycles. The Kier molecular flexibility index (Phi) is 5.95. The molecule has 1 saturated heterocycles. The molecular formula is C23H29N5O5S. The summed E-state index contributed by atoms with van der Waals surface area (Å²) in [6.07, 6.45) is 3.97. The zero-order valence-electron chi connectivity index (χ0n) is 19.3. The van der Waals surface area contributed by atoms with Crippen LogP contribution in [0.5, 0.6) is 5.75 Å². The predicted molar refractivity (Wildman–Crippen MR) is 126 cm³/mol. The molecule has 0 radical (unpaired) electrons. The van der Waals surface area contributed by atoms with E-state index in [2.05, 4.69) is 9.97 Å². The van der Waals surface area contributed by atoms with Gasteiger partial charge >= 0.3 is 0 Å². The maximum absolute atomic E-state index is 13.2. The molecule has 1 saturated carbocycles. The first-order chi connectivity index (χ1) is 16.3. The molecule has 1 atom stereocenters. The largest absolute Gasteiger partial charge is 0.493 e. The third-order valence-electron chi connectivity index (χ3n) is 6.69. The molecule has 0 spiro atoms. The number of aliphatic hydroxyl groups is 1. The molecule has 0 amide bonds. The van der Waals surface area contributed by atoms with Crippen molar-refractivity contribution in [2.75, 3.05) is 19.7 Å². The molecule has 3 aromatic rings. The van der Waals surface area contributed by atoms with E-state index in [-0.39, 0.29) is 35.3 Å². The molecule has 2 aliphatic rings. The lowest BCUT2D eigenvalue weighted by Gasteiger charge is -2.18. The van der Waals surface area contributed by atoms with E-state index in [0.717, 1.165) is 31.5 Å². The number of β-amino-alcohol motifs (C(OH)–C–C–N with tert-alkyl or cyclic N) is 1. The summed E-state index contributed by atoms with van der Waals surface area (Å²) in [6.45, 7) is 4.31. The number of benzene rings is 1. The molecular weight excluding hydrogens is 458 g/mol. The number of aromatic nitrogens is 4. The molecule has 2 aromatic heterocycles. The topological polar surface area (TPSA) is 130 Å². The number of aryl methyl sites for hydroxylation is 1. The van der Waals surface area contributed by atoms with Crippen LogP contribution in [0, 0.1) is 6.92 Å². The van der Waals surface area contributed by atoms with Crippen molar-refractivity contribution in [1.82, 2.24) is 23.9 Å². The van der Waals surface area contributed by atoms with E-state index in [4.69, 9.17) is 9.84 Å². The van der Waals surface area contributed by atoms with Gasteiger partial charge in [0.25, 0.3) is 5.56 Å². The van der Waals surface area contributed by atoms with Crippen LogP contribution in [0.15, 0.2) is 27.9 Å². The number of hydrogen-bond acceptors (Lipinski definition) is 7. The number of nitrogens with zero attached hydrogens (tertiary/aromatic N) is 4. The minimum Gasteiger partial charge on any atom is -0.493 e. The van der Waals surface area contributed by atoms with Crippen LogP contribution < -0.4 is 10.3 Å². The molecule has 34 heavy (non-hydrogen) atoms. The summed E-state index contributed by atoms with van der Waals surface area (Å²) in [5, 5.41) is 14.5. The molecule has 182 valence electrons. The summed E-state index contributed by atoms with van der Waals surface area (Å²) in [7, 11) is -3.82. The summed E-state index contributed by atoms with van der Waals surface area (Å²) in [6, 6.07) is 4.55. The van der Waals surface area contributed by atoms with E-state index >= 15 is 0 Å². The van der Waals surface area contributed by atoms with Gasteiger partial charge in [0, 0.05) is 19.0 Å². The quantitative estimate of drug-likeness (QED) is 0.545. The first kappa shape index (κ1) is 23.0. The lowest BCUT2D eigenvalue weighted by atomic mass is 10.1. The highest BCUT2D eigenvalue weighted by Crippen LogP contribution is 2.35. The number of H-pyrrole nitrogens is 1. The van der Waals surface area contributed by atoms with E-state index < -0.39 is 16.1 Å². The fraction of sp³-hybridized carbons (Fsp3) is 0.522. The Labute approximate surface area is 197 Å². The van der Waals surface area contributed by atoms with Crippen LogP contribution in [0.4, 0.5) is 0 Å². The van der Waals surface area contributed by atoms with Gasteiger partial charge in [0.05, 0.1) is 28.9 Å². The van der Waals surface area contributed by atoms with E-state index in [0.29, 0.717) is 35.6 Å². The Bertz CT molecular complexity index is 1390. The molecule has 2 fully saturated rings. The first-order valence-electron chi connectivity index (χ1n) is 11.7. The monoisotopic (exact) mass is 487 g/mol. The maximum Gasteiger partial charge on any atom is 0.277 e. The molecule has 1 aliphatic carbocycles. The second-order valence-electron chi connectivity index (χ2n) is 9.00. The second-order valence-corrected chi connectivity index (χ2v) is 10.9. The van der Waals surface area contributed by atoms with Crippen molar-refractivity contribution in [3.05, 3.63) is 40.1 Å². The fourth-order valence-electron chi connectivity index (χ4n) is 4.98. The number of sulfonamides is 1. The summed E-state index contributed by atoms with van der Waals surface area (Å²) < 4.78 is 35.1. The minimum atomic E-state index is -3.82. The van der Waals surface area contributed by atoms with E-state index in [9.17, 15) is 18.3 Å². The Morgan fingerprint density at radius 2 is 2.00 bits per heavy atom. The lowest BCUT2D eigenvalue weighted by molar-refractivity contribution is 0.189. The number of hydrogen-bond donors (Lipinski definition) is 2. The van der Waals surface area contributed by atoms with Gasteiger partial charge in [-0.05, 0) is 51.3 Å². The summed E-state index contributed by atoms with van der Waals surface area (Å²) in [5.41, 5.74) is 1.07. The Balaban J connectivity index is 1.66. The Morgan fingerprint density at radius 3 is 2.68 bits per heavy atom. The normalized spacial score (nSPS) is 19.9. The Morgan fingerprint density at radius 1 is 1.24 bits per heavy atom. The molecule has 10 nitrogen and oxygen atoms in total. The van der Waals surface area contributed by atoms with Crippen LogP contribution in [-0.2, 0) is 10.0 Å². The van der Waals surface area contributed by atoms with Crippen LogP contribution in [0.1, 0.15) is 56.5 Å². The average molecular weight is 488 g/mol. The maximum atomic E-state index is 13.2. The second kappa shape index (κ2) is 8.79. The van der Waals surface area contributed by atoms with Crippen molar-refractivity contribution in [3.8, 4) is 17.1 Å². The van der Waals surface area contributed by atoms with Crippen molar-refractivity contribution in [3.63, 3.8) is 0 Å². The molecule has 0 bridgehead atoms. The number of fused-ring (bicyclic) bond motifs is 1. The van der Waals surface area contributed by atoms with Gasteiger partial charge in [-0.1, -0.05) is 12.8 Å². The Hall–Kier alpha value is -2.76. The SMILES string of the molecule is CCOc1ccc(S(=O)(=O)N2CCC(O)C2)cc1-c1nn2c(C3CCCC3)nc(C)c2c(=O)[nH]1. The number of ether oxygens (including phenoxy) is 1. The average Bonchev–Trinajstić information content (AvgIpc) is 3.55. The zero-order chi connectivity index (χ0) is 24.0. The van der Waals surface area contributed by atoms with Crippen LogP contribution >= 0.6 is 0 Å². The van der Waals surface area contributed by atoms with Crippen LogP contribution in [0.2, 0.25) is 0 Å². The van der Waals surface area contributed by atoms with Gasteiger partial charge in [-0.3, -0.25) is 4.79 Å². The van der Waals surface area contributed by atoms with Crippen molar-refractivity contribution < 1.29 is 18.3 Å². The van der Waals surface area contributed by atoms with Gasteiger partial charge in [0.2, 0.25) is 10.0 Å². The molecule has 11 heteroatoms. The molecule has 1 aliphatic heterocycles. The third-order valence-corrected chi connectivity index (χ3v) is 8.55. The molecule has 2 N–H and O–H groups in total. The van der Waals surface area contributed by atoms with Gasteiger partial charge < -0.3 is 14.8 Å². The van der Waals surface area contributed by atoms with Crippen molar-refractivity contribution in [2.45, 2.75) is 62.9 Å². The van der Waals surface area contributed by atoms with Crippen LogP contribution in [0.3, 0.4) is 0 Å². The minimum absolute atomic E-state index is 0.0561. The lowest BCUT2D eigenvalue weighted by Crippen LogP contribution is -2.29. The van der Waals surface area contributed by atoms with Crippen LogP contribution in [0.25, 0.3) is 16.9 Å². The summed E-state index contributed by atoms with van der Waals surface area (Å²) >= 11 is 0. The van der Waals surface area contributed by atoms with Gasteiger partial charge in [-0.25, -0.2) is 17.9 Å². The van der Waals surface area contributed by atoms with Gasteiger partial charge in [-0.15, -0.1) is 5.10 Å². The van der Waals surface area contributed by atoms with Crippen LogP contribution in [-0.4, -0.2) is 63.2 Å². The number of rotatable bonds is 6. The highest BCUT2D eigenvalue weighted by atomic mass is 32.2. The summed E-state index contributed by atoms with van der Waals surface area (Å²) in [5.74, 6) is 1.65. The first-order valence-corrected chi connectivity index (χ1v) is 13.2. The predicted octanol–water partition coefficient (Wildman–Crippen LogP) is 2.20. The zero-order valence-corrected chi connectivity index (χ0v) is 20.1. The molecule has 1 unspecified atom stereocenters. The fourth-order valence-corrected chi connectivity index (χ4v) is 6.50. The molecule has 5 rings (SSSR count). The van der Waals surface area contributed by atoms with Gasteiger partial charge in [0.15, 0.2) is 11.3 Å². The number of aromatic amines is 1. The highest BCUT2D eigenvalue weighted by molar-refractivity contribution is 7.89. The number of imidazole rings is 1. The van der Waals surface area contributed by atoms with E-state index in [1.807, 2.05) is 6.92 Å². The third kappa shape index (κ3) is 3.91. The summed E-state index contributed by atoms with van der Waals surface area (Å²) in [4.78, 5) is 20.6. The number of nitrogens with one attached hydrogen (secondary N) is 1. The smallest absolute Gasteiger partial charge is 0.277 e. The van der Waals surface area contributed by atoms with E-state index in [1.54, 1.807) is 17.5 Å². The van der Waals surface area contributed by atoms with Crippen molar-refractivity contribution in [1.29, 1.82) is 0 Å².